The summed E-state index contributed by atoms with van der Waals surface area (Å²) in [6.07, 6.45) is 4.17. The van der Waals surface area contributed by atoms with Gasteiger partial charge in [-0.2, -0.15) is 0 Å². The Labute approximate surface area is 258 Å². The van der Waals surface area contributed by atoms with Crippen LogP contribution in [0.5, 0.6) is 5.75 Å². The molecule has 0 aromatic heterocycles. The molecule has 0 aliphatic carbocycles. The molecule has 39 heavy (non-hydrogen) atoms. The summed E-state index contributed by atoms with van der Waals surface area (Å²) in [6.45, 7) is 7.81. The number of carboxylic acid groups (broad SMARTS) is 1. The quantitative estimate of drug-likeness (QED) is 0.290. The van der Waals surface area contributed by atoms with Crippen LogP contribution in [0.2, 0.25) is 0 Å². The summed E-state index contributed by atoms with van der Waals surface area (Å²) in [5.41, 5.74) is 0.227. The average Bonchev–Trinajstić information content (AvgIpc) is 3.58. The fourth-order valence-corrected chi connectivity index (χ4v) is 9.60. The Kier molecular flexibility index (Phi) is 11.5. The number of benzene rings is 1. The molecule has 0 bridgehead atoms. The van der Waals surface area contributed by atoms with Gasteiger partial charge in [-0.3, -0.25) is 14.9 Å². The van der Waals surface area contributed by atoms with Crippen LogP contribution in [-0.4, -0.2) is 79.5 Å². The smallest absolute Gasteiger partial charge is 0.872 e. The van der Waals surface area contributed by atoms with E-state index in [2.05, 4.69) is 29.9 Å². The van der Waals surface area contributed by atoms with Crippen LogP contribution in [-0.2, 0) is 30.7 Å². The molecular weight excluding hydrogens is 604 g/mol. The molecule has 0 spiro atoms. The van der Waals surface area contributed by atoms with Crippen LogP contribution in [0.4, 0.5) is 0 Å². The monoisotopic (exact) mass is 641 g/mol. The fourth-order valence-electron chi connectivity index (χ4n) is 5.35. The molecule has 3 aliphatic rings. The number of hydrogen-bond donors (Lipinski definition) is 1. The summed E-state index contributed by atoms with van der Waals surface area (Å²) in [6, 6.07) is 5.58. The van der Waals surface area contributed by atoms with Gasteiger partial charge in [0.15, 0.2) is 0 Å². The normalized spacial score (nSPS) is 28.2. The largest absolute Gasteiger partial charge is 2.00 e. The van der Waals surface area contributed by atoms with E-state index in [1.165, 1.54) is 11.8 Å². The molecule has 1 N–H and O–H groups in total. The van der Waals surface area contributed by atoms with E-state index in [0.29, 0.717) is 12.2 Å². The van der Waals surface area contributed by atoms with Gasteiger partial charge in [0, 0.05) is 34.3 Å². The average molecular weight is 643 g/mol. The van der Waals surface area contributed by atoms with Gasteiger partial charge in [-0.1, -0.05) is 57.6 Å². The van der Waals surface area contributed by atoms with Crippen LogP contribution < -0.4 is 10.2 Å². The van der Waals surface area contributed by atoms with Crippen LogP contribution >= 0.6 is 35.3 Å². The van der Waals surface area contributed by atoms with Crippen molar-refractivity contribution >= 4 is 51.3 Å². The minimum atomic E-state index is -1.21. The number of aryl methyl sites for hydroxylation is 1. The van der Waals surface area contributed by atoms with Gasteiger partial charge in [-0.25, -0.2) is 0 Å². The number of carbonyl (C=O) groups is 1. The van der Waals surface area contributed by atoms with E-state index < -0.39 is 23.0 Å². The van der Waals surface area contributed by atoms with Gasteiger partial charge in [-0.15, -0.1) is 35.3 Å². The zero-order valence-corrected chi connectivity index (χ0v) is 29.1. The van der Waals surface area contributed by atoms with E-state index in [0.717, 1.165) is 58.4 Å². The number of likely N-dealkylation sites (N-methyl/N-ethyl adjacent to an activating group) is 1. The Morgan fingerprint density at radius 3 is 2.69 bits per heavy atom. The van der Waals surface area contributed by atoms with Crippen LogP contribution in [0.15, 0.2) is 28.2 Å². The molecule has 7 nitrogen and oxygen atoms in total. The van der Waals surface area contributed by atoms with Crippen LogP contribution in [0.3, 0.4) is 0 Å². The van der Waals surface area contributed by atoms with Gasteiger partial charge in [0.2, 0.25) is 0 Å². The molecule has 1 aromatic rings. The second-order valence-electron chi connectivity index (χ2n) is 11.4. The number of hydrogen-bond acceptors (Lipinski definition) is 10. The van der Waals surface area contributed by atoms with Crippen molar-refractivity contribution in [3.63, 3.8) is 0 Å². The molecule has 1 aromatic carbocycles. The number of aliphatic carboxylic acids is 1. The summed E-state index contributed by atoms with van der Waals surface area (Å²) < 4.78 is 0. The number of rotatable bonds is 11. The molecule has 210 valence electrons. The van der Waals surface area contributed by atoms with Crippen molar-refractivity contribution in [1.82, 2.24) is 4.90 Å². The van der Waals surface area contributed by atoms with Crippen molar-refractivity contribution in [2.75, 3.05) is 24.3 Å². The summed E-state index contributed by atoms with van der Waals surface area (Å²) in [7, 11) is 2.05. The molecule has 0 saturated carbocycles. The molecule has 5 atom stereocenters. The Morgan fingerprint density at radius 1 is 1.28 bits per heavy atom. The summed E-state index contributed by atoms with van der Waals surface area (Å²) in [4.78, 5) is 23.3. The number of unbranched alkanes of at least 4 members (excludes halogenated alkanes) is 2. The van der Waals surface area contributed by atoms with Gasteiger partial charge in [-0.05, 0) is 38.8 Å². The number of aliphatic hydroxyl groups excluding tert-OH is 1. The van der Waals surface area contributed by atoms with Crippen molar-refractivity contribution in [3.05, 3.63) is 29.3 Å². The maximum Gasteiger partial charge on any atom is 2.00 e. The van der Waals surface area contributed by atoms with Gasteiger partial charge in [0.05, 0.1) is 33.6 Å². The SMILES string of the molecule is CCCCCc1cccc([O-])c1C1=NC(C2SCC(C(O)CC(C)(C)C3=NC(C)(C(=O)[O-])CS3)N2C)CS1.[Zn+2]. The first-order valence-electron chi connectivity index (χ1n) is 13.4. The number of nitrogens with zero attached hydrogens (tertiary/aromatic N) is 3. The maximum absolute atomic E-state index is 12.8. The van der Waals surface area contributed by atoms with Crippen molar-refractivity contribution in [1.29, 1.82) is 0 Å². The van der Waals surface area contributed by atoms with Gasteiger partial charge in [0.25, 0.3) is 0 Å². The van der Waals surface area contributed by atoms with Crippen molar-refractivity contribution < 1.29 is 39.6 Å². The van der Waals surface area contributed by atoms with E-state index in [1.54, 1.807) is 24.8 Å². The van der Waals surface area contributed by atoms with Crippen LogP contribution in [0.25, 0.3) is 0 Å². The number of aliphatic imine (C=N–C) groups is 2. The minimum Gasteiger partial charge on any atom is -0.872 e. The topological polar surface area (TPSA) is 111 Å². The number of aliphatic hydroxyl groups is 1. The molecule has 4 rings (SSSR count). The van der Waals surface area contributed by atoms with Gasteiger partial charge >= 0.3 is 19.5 Å². The molecular formula is C28H39N3O4S3Zn. The van der Waals surface area contributed by atoms with Gasteiger partial charge < -0.3 is 20.1 Å². The second-order valence-corrected chi connectivity index (χ2v) is 14.6. The Bertz CT molecular complexity index is 1100. The molecule has 3 aliphatic heterocycles. The zero-order valence-electron chi connectivity index (χ0n) is 23.6. The molecule has 3 heterocycles. The molecule has 1 saturated heterocycles. The van der Waals surface area contributed by atoms with E-state index in [4.69, 9.17) is 4.99 Å². The van der Waals surface area contributed by atoms with E-state index in [-0.39, 0.29) is 42.7 Å². The summed E-state index contributed by atoms with van der Waals surface area (Å²) in [5, 5.41) is 37.4. The van der Waals surface area contributed by atoms with Crippen molar-refractivity contribution in [2.45, 2.75) is 88.9 Å². The molecule has 5 unspecified atom stereocenters. The fraction of sp³-hybridized carbons (Fsp3) is 0.679. The maximum atomic E-state index is 12.8. The third-order valence-corrected chi connectivity index (χ3v) is 12.0. The number of thioether (sulfide) groups is 3. The third-order valence-electron chi connectivity index (χ3n) is 7.76. The first-order chi connectivity index (χ1) is 18.0. The Hall–Kier alpha value is -0.577. The summed E-state index contributed by atoms with van der Waals surface area (Å²) in [5.74, 6) is 0.868. The first-order valence-corrected chi connectivity index (χ1v) is 16.4. The molecule has 0 amide bonds. The Balaban J connectivity index is 0.00000420. The number of carbonyl (C=O) groups excluding carboxylic acids is 1. The van der Waals surface area contributed by atoms with Crippen molar-refractivity contribution in [3.8, 4) is 5.75 Å². The third kappa shape index (κ3) is 7.26. The first kappa shape index (κ1) is 32.9. The van der Waals surface area contributed by atoms with E-state index in [1.807, 2.05) is 31.7 Å². The summed E-state index contributed by atoms with van der Waals surface area (Å²) >= 11 is 4.94. The van der Waals surface area contributed by atoms with Gasteiger partial charge in [0.1, 0.15) is 5.54 Å². The predicted octanol–water partition coefficient (Wildman–Crippen LogP) is 3.16. The molecule has 11 heteroatoms. The Morgan fingerprint density at radius 2 is 2.03 bits per heavy atom. The standard InChI is InChI=1S/C28H41N3O4S3.Zn/c1-6-7-8-10-17-11-9-12-20(32)22(17)23-29-18(14-36-23)24-31(5)19(15-37-24)21(33)13-27(2,3)25-30-28(4,16-38-25)26(34)35;/h9,11-12,18-19,21,24,32-33H,6-8,10,13-16H2,1-5H3,(H,34,35);/q;+2/p-2. The predicted molar refractivity (Wildman–Crippen MR) is 157 cm³/mol. The minimum absolute atomic E-state index is 0. The van der Waals surface area contributed by atoms with Crippen molar-refractivity contribution in [2.24, 2.45) is 15.4 Å². The molecule has 1 fully saturated rings. The van der Waals surface area contributed by atoms with E-state index >= 15 is 0 Å². The van der Waals surface area contributed by atoms with Crippen LogP contribution in [0.1, 0.15) is 64.5 Å². The number of carboxylic acids is 1. The van der Waals surface area contributed by atoms with Crippen LogP contribution in [0, 0.1) is 5.41 Å². The van der Waals surface area contributed by atoms with E-state index in [9.17, 15) is 20.1 Å². The second kappa shape index (κ2) is 13.6. The zero-order chi connectivity index (χ0) is 27.7. The molecule has 0 radical (unpaired) electrons.